The lowest BCUT2D eigenvalue weighted by Crippen LogP contribution is -2.42. The Morgan fingerprint density at radius 2 is 1.93 bits per heavy atom. The zero-order valence-electron chi connectivity index (χ0n) is 10.4. The van der Waals surface area contributed by atoms with Gasteiger partial charge in [-0.3, -0.25) is 0 Å². The maximum atomic E-state index is 9.01. The molecule has 1 rings (SSSR count). The van der Waals surface area contributed by atoms with E-state index in [0.717, 1.165) is 12.5 Å². The maximum absolute atomic E-state index is 9.01. The second-order valence-electron chi connectivity index (χ2n) is 5.00. The topological polar surface area (TPSA) is 35.5 Å². The third kappa shape index (κ3) is 4.09. The van der Waals surface area contributed by atoms with E-state index in [9.17, 15) is 0 Å². The van der Waals surface area contributed by atoms with Gasteiger partial charge in [-0.15, -0.1) is 0 Å². The summed E-state index contributed by atoms with van der Waals surface area (Å²) in [5.74, 6) is 1.25. The zero-order valence-corrected chi connectivity index (χ0v) is 10.4. The minimum absolute atomic E-state index is 0.312. The molecule has 2 unspecified atom stereocenters. The molecule has 90 valence electrons. The lowest BCUT2D eigenvalue weighted by Gasteiger charge is -2.35. The summed E-state index contributed by atoms with van der Waals surface area (Å²) in [7, 11) is 2.05. The van der Waals surface area contributed by atoms with Gasteiger partial charge in [0.2, 0.25) is 0 Å². The quantitative estimate of drug-likeness (QED) is 0.715. The molecule has 1 saturated heterocycles. The van der Waals surface area contributed by atoms with Crippen LogP contribution in [0.2, 0.25) is 0 Å². The highest BCUT2D eigenvalue weighted by molar-refractivity contribution is 4.79. The highest BCUT2D eigenvalue weighted by atomic mass is 16.3. The first-order valence-corrected chi connectivity index (χ1v) is 6.17. The fraction of sp³-hybridized carbons (Fsp3) is 1.00. The van der Waals surface area contributed by atoms with Gasteiger partial charge in [0.1, 0.15) is 0 Å². The molecule has 0 aromatic heterocycles. The van der Waals surface area contributed by atoms with E-state index >= 15 is 0 Å². The van der Waals surface area contributed by atoms with Crippen molar-refractivity contribution < 1.29 is 5.11 Å². The maximum Gasteiger partial charge on any atom is 0.0468 e. The van der Waals surface area contributed by atoms with Gasteiger partial charge in [0.25, 0.3) is 0 Å². The summed E-state index contributed by atoms with van der Waals surface area (Å²) in [6, 6.07) is 0.641. The Morgan fingerprint density at radius 3 is 2.40 bits per heavy atom. The third-order valence-electron chi connectivity index (χ3n) is 3.68. The number of hydrogen-bond donors (Lipinski definition) is 2. The van der Waals surface area contributed by atoms with Crippen molar-refractivity contribution in [2.45, 2.75) is 32.7 Å². The third-order valence-corrected chi connectivity index (χ3v) is 3.68. The second-order valence-corrected chi connectivity index (χ2v) is 5.00. The summed E-state index contributed by atoms with van der Waals surface area (Å²) >= 11 is 0. The number of rotatable bonds is 5. The molecule has 1 heterocycles. The number of aliphatic hydroxyl groups is 1. The summed E-state index contributed by atoms with van der Waals surface area (Å²) in [5, 5.41) is 12.3. The molecule has 15 heavy (non-hydrogen) atoms. The molecule has 1 aliphatic heterocycles. The van der Waals surface area contributed by atoms with Crippen molar-refractivity contribution in [2.75, 3.05) is 33.3 Å². The van der Waals surface area contributed by atoms with Gasteiger partial charge in [0.05, 0.1) is 0 Å². The average molecular weight is 214 g/mol. The van der Waals surface area contributed by atoms with E-state index in [-0.39, 0.29) is 0 Å². The van der Waals surface area contributed by atoms with Crippen LogP contribution in [0.15, 0.2) is 0 Å². The van der Waals surface area contributed by atoms with Gasteiger partial charge in [-0.25, -0.2) is 0 Å². The molecule has 0 aromatic carbocycles. The van der Waals surface area contributed by atoms with E-state index in [1.165, 1.54) is 25.9 Å². The van der Waals surface area contributed by atoms with Crippen LogP contribution in [0.4, 0.5) is 0 Å². The Morgan fingerprint density at radius 1 is 1.33 bits per heavy atom. The van der Waals surface area contributed by atoms with E-state index < -0.39 is 0 Å². The summed E-state index contributed by atoms with van der Waals surface area (Å²) in [5.41, 5.74) is 0. The Balaban J connectivity index is 2.23. The molecule has 0 radical (unpaired) electrons. The highest BCUT2D eigenvalue weighted by Crippen LogP contribution is 2.20. The number of nitrogens with zero attached hydrogens (tertiary/aromatic N) is 1. The predicted octanol–water partition coefficient (Wildman–Crippen LogP) is 0.935. The molecular weight excluding hydrogens is 188 g/mol. The Hall–Kier alpha value is -0.120. The lowest BCUT2D eigenvalue weighted by atomic mass is 9.90. The first kappa shape index (κ1) is 12.9. The zero-order chi connectivity index (χ0) is 11.3. The molecule has 3 nitrogen and oxygen atoms in total. The Bertz CT molecular complexity index is 167. The first-order valence-electron chi connectivity index (χ1n) is 6.17. The minimum atomic E-state index is 0.312. The largest absolute Gasteiger partial charge is 0.396 e. The lowest BCUT2D eigenvalue weighted by molar-refractivity contribution is 0.125. The van der Waals surface area contributed by atoms with Crippen LogP contribution in [0, 0.1) is 11.8 Å². The molecule has 0 saturated carbocycles. The van der Waals surface area contributed by atoms with Crippen LogP contribution in [0.25, 0.3) is 0 Å². The van der Waals surface area contributed by atoms with Crippen LogP contribution in [0.1, 0.15) is 26.7 Å². The average Bonchev–Trinajstić information content (AvgIpc) is 2.29. The number of nitrogens with one attached hydrogen (secondary N) is 1. The summed E-state index contributed by atoms with van der Waals surface area (Å²) in [6.45, 7) is 8.14. The van der Waals surface area contributed by atoms with Crippen LogP contribution in [-0.2, 0) is 0 Å². The molecule has 0 amide bonds. The fourth-order valence-corrected chi connectivity index (χ4v) is 2.37. The van der Waals surface area contributed by atoms with Crippen LogP contribution in [0.5, 0.6) is 0 Å². The number of hydrogen-bond acceptors (Lipinski definition) is 3. The van der Waals surface area contributed by atoms with Gasteiger partial charge in [-0.1, -0.05) is 6.92 Å². The van der Waals surface area contributed by atoms with Crippen LogP contribution >= 0.6 is 0 Å². The Labute approximate surface area is 93.9 Å². The van der Waals surface area contributed by atoms with Crippen LogP contribution < -0.4 is 5.32 Å². The van der Waals surface area contributed by atoms with Crippen molar-refractivity contribution >= 4 is 0 Å². The molecule has 2 atom stereocenters. The molecule has 1 aliphatic rings. The van der Waals surface area contributed by atoms with Crippen molar-refractivity contribution in [2.24, 2.45) is 11.8 Å². The summed E-state index contributed by atoms with van der Waals surface area (Å²) < 4.78 is 0. The monoisotopic (exact) mass is 214 g/mol. The standard InChI is InChI=1S/C12H26N2O/c1-10(9-15)8-14-6-4-12(5-7-14)11(2)13-3/h10-13,15H,4-9H2,1-3H3. The number of likely N-dealkylation sites (tertiary alicyclic amines) is 1. The van der Waals surface area contributed by atoms with E-state index in [0.29, 0.717) is 18.6 Å². The van der Waals surface area contributed by atoms with Gasteiger partial charge >= 0.3 is 0 Å². The van der Waals surface area contributed by atoms with Crippen LogP contribution in [0.3, 0.4) is 0 Å². The number of aliphatic hydroxyl groups excluding tert-OH is 1. The second kappa shape index (κ2) is 6.46. The van der Waals surface area contributed by atoms with E-state index in [4.69, 9.17) is 5.11 Å². The molecule has 0 aliphatic carbocycles. The first-order chi connectivity index (χ1) is 7.17. The van der Waals surface area contributed by atoms with Gasteiger partial charge in [-0.2, -0.15) is 0 Å². The molecule has 3 heteroatoms. The Kier molecular flexibility index (Phi) is 5.58. The highest BCUT2D eigenvalue weighted by Gasteiger charge is 2.23. The van der Waals surface area contributed by atoms with Crippen molar-refractivity contribution in [1.29, 1.82) is 0 Å². The van der Waals surface area contributed by atoms with Crippen molar-refractivity contribution in [3.63, 3.8) is 0 Å². The molecule has 2 N–H and O–H groups in total. The van der Waals surface area contributed by atoms with E-state index in [1.54, 1.807) is 0 Å². The summed E-state index contributed by atoms with van der Waals surface area (Å²) in [4.78, 5) is 2.49. The fourth-order valence-electron chi connectivity index (χ4n) is 2.37. The smallest absolute Gasteiger partial charge is 0.0468 e. The predicted molar refractivity (Wildman–Crippen MR) is 63.9 cm³/mol. The molecule has 0 bridgehead atoms. The van der Waals surface area contributed by atoms with Gasteiger partial charge in [0.15, 0.2) is 0 Å². The molecule has 0 spiro atoms. The summed E-state index contributed by atoms with van der Waals surface area (Å²) in [6.07, 6.45) is 2.58. The van der Waals surface area contributed by atoms with Gasteiger partial charge in [0, 0.05) is 19.2 Å². The molecule has 1 fully saturated rings. The molecule has 0 aromatic rings. The van der Waals surface area contributed by atoms with Crippen LogP contribution in [-0.4, -0.2) is 49.3 Å². The van der Waals surface area contributed by atoms with E-state index in [1.807, 2.05) is 7.05 Å². The normalized spacial score (nSPS) is 24.0. The molecular formula is C12H26N2O. The van der Waals surface area contributed by atoms with Gasteiger partial charge < -0.3 is 15.3 Å². The van der Waals surface area contributed by atoms with Crippen molar-refractivity contribution in [1.82, 2.24) is 10.2 Å². The minimum Gasteiger partial charge on any atom is -0.396 e. The van der Waals surface area contributed by atoms with Crippen molar-refractivity contribution in [3.8, 4) is 0 Å². The van der Waals surface area contributed by atoms with Crippen molar-refractivity contribution in [3.05, 3.63) is 0 Å². The van der Waals surface area contributed by atoms with E-state index in [2.05, 4.69) is 24.1 Å². The van der Waals surface area contributed by atoms with Gasteiger partial charge in [-0.05, 0) is 51.7 Å². The number of piperidine rings is 1. The SMILES string of the molecule is CNC(C)C1CCN(CC(C)CO)CC1.